The van der Waals surface area contributed by atoms with Gasteiger partial charge in [-0.3, -0.25) is 9.59 Å². The summed E-state index contributed by atoms with van der Waals surface area (Å²) in [5.41, 5.74) is -0.558. The molecule has 0 aromatic heterocycles. The third-order valence-electron chi connectivity index (χ3n) is 13.6. The molecule has 0 amide bonds. The number of fused-ring (bicyclic) bond motifs is 7. The Morgan fingerprint density at radius 3 is 2.06 bits per heavy atom. The molecule has 5 heteroatoms. The third kappa shape index (κ3) is 2.75. The first kappa shape index (κ1) is 25.3. The lowest BCUT2D eigenvalue weighted by Crippen LogP contribution is -2.65. The van der Waals surface area contributed by atoms with Crippen molar-refractivity contribution in [3.05, 3.63) is 12.2 Å². The molecule has 3 N–H and O–H groups in total. The quantitative estimate of drug-likeness (QED) is 0.425. The summed E-state index contributed by atoms with van der Waals surface area (Å²) < 4.78 is 0. The van der Waals surface area contributed by atoms with E-state index in [1.54, 1.807) is 0 Å². The number of hydrogen-bond acceptors (Lipinski definition) is 3. The van der Waals surface area contributed by atoms with Gasteiger partial charge in [-0.2, -0.15) is 0 Å². The molecule has 5 aliphatic carbocycles. The van der Waals surface area contributed by atoms with Crippen LogP contribution in [0, 0.1) is 62.6 Å². The van der Waals surface area contributed by atoms with Crippen molar-refractivity contribution < 1.29 is 24.9 Å². The topological polar surface area (TPSA) is 94.8 Å². The van der Waals surface area contributed by atoms with Gasteiger partial charge in [0.25, 0.3) is 0 Å². The summed E-state index contributed by atoms with van der Waals surface area (Å²) in [4.78, 5) is 25.4. The fourth-order valence-corrected chi connectivity index (χ4v) is 11.8. The fraction of sp³-hybridized carbons (Fsp3) is 0.867. The van der Waals surface area contributed by atoms with Gasteiger partial charge in [-0.1, -0.05) is 46.8 Å². The highest BCUT2D eigenvalue weighted by molar-refractivity contribution is 5.76. The van der Waals surface area contributed by atoms with Gasteiger partial charge in [-0.05, 0) is 110 Å². The van der Waals surface area contributed by atoms with E-state index in [4.69, 9.17) is 0 Å². The van der Waals surface area contributed by atoms with E-state index in [0.717, 1.165) is 50.5 Å². The minimum atomic E-state index is -0.862. The Morgan fingerprint density at radius 1 is 0.829 bits per heavy atom. The van der Waals surface area contributed by atoms with Gasteiger partial charge >= 0.3 is 11.9 Å². The standard InChI is InChI=1S/C30H46O5/c1-16(2)17-10-13-30(25(34)35)15-14-27(5)18(21(17)30)8-9-20-28(27,6)12-11-19-26(3,4)23(31)22(24(32)33)29(19,20)7/h17-23,31H,1,8-15H2,2-7H3,(H,32,33)(H,34,35)/t17-,18?,19?,20?,21?,22-,23-,27+,28+,29-,30-/m0/s1. The summed E-state index contributed by atoms with van der Waals surface area (Å²) in [6, 6.07) is 0. The molecule has 5 rings (SSSR count). The molecule has 0 aliphatic heterocycles. The zero-order chi connectivity index (χ0) is 25.9. The number of aliphatic carboxylic acids is 2. The minimum Gasteiger partial charge on any atom is -0.481 e. The summed E-state index contributed by atoms with van der Waals surface area (Å²) in [5, 5.41) is 32.2. The van der Waals surface area contributed by atoms with Crippen LogP contribution in [-0.2, 0) is 9.59 Å². The number of allylic oxidation sites excluding steroid dienone is 1. The monoisotopic (exact) mass is 486 g/mol. The second kappa shape index (κ2) is 7.36. The van der Waals surface area contributed by atoms with E-state index in [-0.39, 0.29) is 34.5 Å². The van der Waals surface area contributed by atoms with Crippen LogP contribution in [0.2, 0.25) is 0 Å². The Labute approximate surface area is 210 Å². The van der Waals surface area contributed by atoms with E-state index in [1.165, 1.54) is 0 Å². The Balaban J connectivity index is 1.62. The van der Waals surface area contributed by atoms with E-state index < -0.39 is 40.2 Å². The molecule has 0 saturated heterocycles. The van der Waals surface area contributed by atoms with Crippen LogP contribution in [0.1, 0.15) is 92.9 Å². The van der Waals surface area contributed by atoms with Gasteiger partial charge in [-0.25, -0.2) is 0 Å². The van der Waals surface area contributed by atoms with E-state index in [1.807, 2.05) is 0 Å². The van der Waals surface area contributed by atoms with Gasteiger partial charge < -0.3 is 15.3 Å². The second-order valence-corrected chi connectivity index (χ2v) is 14.6. The van der Waals surface area contributed by atoms with Crippen LogP contribution >= 0.6 is 0 Å². The largest absolute Gasteiger partial charge is 0.481 e. The van der Waals surface area contributed by atoms with E-state index in [0.29, 0.717) is 12.3 Å². The van der Waals surface area contributed by atoms with Gasteiger partial charge in [0, 0.05) is 0 Å². The van der Waals surface area contributed by atoms with Gasteiger partial charge in [-0.15, -0.1) is 0 Å². The maximum Gasteiger partial charge on any atom is 0.309 e. The number of aliphatic hydroxyl groups is 1. The first-order valence-corrected chi connectivity index (χ1v) is 13.9. The molecular weight excluding hydrogens is 440 g/mol. The van der Waals surface area contributed by atoms with Crippen LogP contribution < -0.4 is 0 Å². The molecule has 0 heterocycles. The molecule has 0 bridgehead atoms. The number of rotatable bonds is 3. The van der Waals surface area contributed by atoms with Crippen molar-refractivity contribution >= 4 is 11.9 Å². The molecule has 0 aromatic rings. The summed E-state index contributed by atoms with van der Waals surface area (Å²) in [7, 11) is 0. The van der Waals surface area contributed by atoms with Gasteiger partial charge in [0.05, 0.1) is 17.4 Å². The smallest absolute Gasteiger partial charge is 0.309 e. The van der Waals surface area contributed by atoms with E-state index in [9.17, 15) is 24.9 Å². The lowest BCUT2D eigenvalue weighted by atomic mass is 9.34. The molecule has 11 atom stereocenters. The van der Waals surface area contributed by atoms with Crippen molar-refractivity contribution in [2.24, 2.45) is 62.6 Å². The lowest BCUT2D eigenvalue weighted by molar-refractivity contribution is -0.228. The summed E-state index contributed by atoms with van der Waals surface area (Å²) >= 11 is 0. The Kier molecular flexibility index (Phi) is 5.32. The van der Waals surface area contributed by atoms with Crippen LogP contribution in [0.15, 0.2) is 12.2 Å². The summed E-state index contributed by atoms with van der Waals surface area (Å²) in [6.07, 6.45) is 6.24. The SMILES string of the molecule is C=C(C)[C@@H]1CC[C@]2(C(=O)O)CC[C@]3(C)C(CCC4[C@]5(C)C(CC[C@]43C)C(C)(C)[C@@H](O)[C@H]5C(=O)O)C12. The van der Waals surface area contributed by atoms with Gasteiger partial charge in [0.2, 0.25) is 0 Å². The van der Waals surface area contributed by atoms with Gasteiger partial charge in [0.1, 0.15) is 0 Å². The van der Waals surface area contributed by atoms with E-state index in [2.05, 4.69) is 48.1 Å². The number of aliphatic hydroxyl groups excluding tert-OH is 1. The molecule has 5 fully saturated rings. The molecule has 0 spiro atoms. The molecule has 196 valence electrons. The average Bonchev–Trinajstić information content (AvgIpc) is 3.21. The van der Waals surface area contributed by atoms with Crippen LogP contribution in [0.25, 0.3) is 0 Å². The molecule has 35 heavy (non-hydrogen) atoms. The fourth-order valence-electron chi connectivity index (χ4n) is 11.8. The summed E-state index contributed by atoms with van der Waals surface area (Å²) in [5.74, 6) is -1.21. The molecule has 0 radical (unpaired) electrons. The molecule has 5 aliphatic rings. The number of carboxylic acids is 2. The van der Waals surface area contributed by atoms with Crippen LogP contribution in [0.3, 0.4) is 0 Å². The number of hydrogen-bond donors (Lipinski definition) is 3. The first-order chi connectivity index (χ1) is 16.1. The lowest BCUT2D eigenvalue weighted by Gasteiger charge is -2.70. The van der Waals surface area contributed by atoms with Crippen LogP contribution in [0.4, 0.5) is 0 Å². The Morgan fingerprint density at radius 2 is 1.49 bits per heavy atom. The highest BCUT2D eigenvalue weighted by Crippen LogP contribution is 2.79. The Bertz CT molecular complexity index is 970. The molecular formula is C30H46O5. The van der Waals surface area contributed by atoms with Crippen LogP contribution in [-0.4, -0.2) is 33.4 Å². The van der Waals surface area contributed by atoms with Crippen molar-refractivity contribution in [3.63, 3.8) is 0 Å². The highest BCUT2D eigenvalue weighted by atomic mass is 16.4. The van der Waals surface area contributed by atoms with Crippen LogP contribution in [0.5, 0.6) is 0 Å². The molecule has 5 saturated carbocycles. The first-order valence-electron chi connectivity index (χ1n) is 13.9. The van der Waals surface area contributed by atoms with E-state index >= 15 is 0 Å². The predicted molar refractivity (Wildman–Crippen MR) is 135 cm³/mol. The van der Waals surface area contributed by atoms with Crippen molar-refractivity contribution in [1.29, 1.82) is 0 Å². The third-order valence-corrected chi connectivity index (χ3v) is 13.6. The summed E-state index contributed by atoms with van der Waals surface area (Å²) in [6.45, 7) is 17.5. The zero-order valence-electron chi connectivity index (χ0n) is 22.6. The zero-order valence-corrected chi connectivity index (χ0v) is 22.6. The normalized spacial score (nSPS) is 54.2. The van der Waals surface area contributed by atoms with Crippen molar-refractivity contribution in [2.45, 2.75) is 99.0 Å². The maximum absolute atomic E-state index is 12.8. The molecule has 5 nitrogen and oxygen atoms in total. The number of carbonyl (C=O) groups is 2. The maximum atomic E-state index is 12.8. The molecule has 4 unspecified atom stereocenters. The minimum absolute atomic E-state index is 0.0493. The van der Waals surface area contributed by atoms with Crippen molar-refractivity contribution in [1.82, 2.24) is 0 Å². The Hall–Kier alpha value is -1.36. The second-order valence-electron chi connectivity index (χ2n) is 14.6. The molecule has 0 aromatic carbocycles. The predicted octanol–water partition coefficient (Wildman–Crippen LogP) is 6.01. The van der Waals surface area contributed by atoms with Crippen molar-refractivity contribution in [2.75, 3.05) is 0 Å². The number of carboxylic acid groups (broad SMARTS) is 2. The highest BCUT2D eigenvalue weighted by Gasteiger charge is 2.75. The average molecular weight is 487 g/mol. The van der Waals surface area contributed by atoms with Crippen molar-refractivity contribution in [3.8, 4) is 0 Å². The van der Waals surface area contributed by atoms with Gasteiger partial charge in [0.15, 0.2) is 0 Å².